The van der Waals surface area contributed by atoms with Gasteiger partial charge in [0.05, 0.1) is 6.54 Å². The molecule has 0 fully saturated rings. The van der Waals surface area contributed by atoms with Gasteiger partial charge in [0.25, 0.3) is 6.26 Å². The molecule has 1 rings (SSSR count). The van der Waals surface area contributed by atoms with Crippen molar-refractivity contribution in [1.29, 1.82) is 5.26 Å². The molecule has 0 radical (unpaired) electrons. The summed E-state index contributed by atoms with van der Waals surface area (Å²) in [5.41, 5.74) is -1.79. The third kappa shape index (κ3) is 7.37. The Hall–Kier alpha value is -2.92. The molecule has 28 heavy (non-hydrogen) atoms. The van der Waals surface area contributed by atoms with Crippen molar-refractivity contribution in [2.45, 2.75) is 64.5 Å². The maximum atomic E-state index is 12.6. The Balaban J connectivity index is 2.65. The molecule has 0 bridgehead atoms. The Labute approximate surface area is 162 Å². The number of hydrogen-bond acceptors (Lipinski definition) is 7. The van der Waals surface area contributed by atoms with Crippen molar-refractivity contribution in [2.24, 2.45) is 12.0 Å². The van der Waals surface area contributed by atoms with Crippen LogP contribution in [0.5, 0.6) is 0 Å². The predicted octanol–water partition coefficient (Wildman–Crippen LogP) is 0.663. The second-order valence-corrected chi connectivity index (χ2v) is 6.45. The highest BCUT2D eigenvalue weighted by atomic mass is 16.5. The van der Waals surface area contributed by atoms with Crippen molar-refractivity contribution >= 4 is 6.08 Å². The summed E-state index contributed by atoms with van der Waals surface area (Å²) in [5.74, 6) is 0. The molecule has 0 aliphatic carbocycles. The molecule has 0 spiro atoms. The molecule has 154 valence electrons. The van der Waals surface area contributed by atoms with E-state index in [2.05, 4.69) is 9.73 Å². The van der Waals surface area contributed by atoms with Crippen LogP contribution in [0.25, 0.3) is 0 Å². The molecular weight excluding hydrogens is 366 g/mol. The number of nitrogens with zero attached hydrogens (tertiary/aromatic N) is 5. The van der Waals surface area contributed by atoms with E-state index in [1.807, 2.05) is 0 Å². The fourth-order valence-corrected chi connectivity index (χ4v) is 2.84. The van der Waals surface area contributed by atoms with Crippen LogP contribution in [0.4, 0.5) is 0 Å². The first-order valence-corrected chi connectivity index (χ1v) is 9.49. The number of ether oxygens (including phenoxy) is 1. The van der Waals surface area contributed by atoms with Gasteiger partial charge in [0.2, 0.25) is 6.08 Å². The van der Waals surface area contributed by atoms with Crippen molar-refractivity contribution in [3.05, 3.63) is 31.5 Å². The summed E-state index contributed by atoms with van der Waals surface area (Å²) in [6, 6.07) is 0. The maximum absolute atomic E-state index is 12.6. The van der Waals surface area contributed by atoms with E-state index in [-0.39, 0.29) is 13.1 Å². The summed E-state index contributed by atoms with van der Waals surface area (Å²) in [4.78, 5) is 50.5. The van der Waals surface area contributed by atoms with Crippen molar-refractivity contribution in [3.63, 3.8) is 0 Å². The van der Waals surface area contributed by atoms with Crippen LogP contribution in [0.15, 0.2) is 19.4 Å². The van der Waals surface area contributed by atoms with Crippen LogP contribution in [0.3, 0.4) is 0 Å². The Morgan fingerprint density at radius 2 is 1.39 bits per heavy atom. The van der Waals surface area contributed by atoms with E-state index >= 15 is 0 Å². The van der Waals surface area contributed by atoms with Crippen LogP contribution < -0.4 is 17.1 Å². The number of nitriles is 1. The van der Waals surface area contributed by atoms with Crippen molar-refractivity contribution in [3.8, 4) is 6.26 Å². The van der Waals surface area contributed by atoms with Crippen LogP contribution in [-0.4, -0.2) is 32.9 Å². The monoisotopic (exact) mass is 393 g/mol. The second-order valence-electron chi connectivity index (χ2n) is 6.45. The highest BCUT2D eigenvalue weighted by Gasteiger charge is 2.12. The SMILES string of the molecule is Cn1c(=O)n(CCCCCCN=C=O)c(=O)n(CCCCCCOC#N)c1=O. The number of hydrogen-bond donors (Lipinski definition) is 0. The third-order valence-electron chi connectivity index (χ3n) is 4.41. The third-order valence-corrected chi connectivity index (χ3v) is 4.41. The van der Waals surface area contributed by atoms with E-state index in [4.69, 9.17) is 5.26 Å². The van der Waals surface area contributed by atoms with Gasteiger partial charge in [-0.25, -0.2) is 37.9 Å². The quantitative estimate of drug-likeness (QED) is 0.198. The van der Waals surface area contributed by atoms with Gasteiger partial charge in [-0.15, -0.1) is 0 Å². The highest BCUT2D eigenvalue weighted by molar-refractivity contribution is 5.32. The van der Waals surface area contributed by atoms with Crippen molar-refractivity contribution in [1.82, 2.24) is 13.7 Å². The molecule has 10 heteroatoms. The lowest BCUT2D eigenvalue weighted by molar-refractivity contribution is 0.260. The summed E-state index contributed by atoms with van der Waals surface area (Å²) in [6.45, 7) is 1.28. The van der Waals surface area contributed by atoms with Gasteiger partial charge in [0.1, 0.15) is 6.61 Å². The Morgan fingerprint density at radius 1 is 0.857 bits per heavy atom. The van der Waals surface area contributed by atoms with Gasteiger partial charge in [-0.2, -0.15) is 5.26 Å². The number of isocyanates is 1. The molecule has 1 aromatic rings. The second kappa shape index (κ2) is 13.3. The molecule has 0 amide bonds. The normalized spacial score (nSPS) is 10.3. The van der Waals surface area contributed by atoms with E-state index in [0.717, 1.165) is 52.2 Å². The van der Waals surface area contributed by atoms with Crippen LogP contribution in [-0.2, 0) is 29.7 Å². The first kappa shape index (κ1) is 23.1. The minimum absolute atomic E-state index is 0.244. The highest BCUT2D eigenvalue weighted by Crippen LogP contribution is 2.02. The van der Waals surface area contributed by atoms with Crippen LogP contribution in [0.1, 0.15) is 51.4 Å². The minimum atomic E-state index is -0.606. The molecule has 1 aromatic heterocycles. The fourth-order valence-electron chi connectivity index (χ4n) is 2.84. The van der Waals surface area contributed by atoms with E-state index in [0.29, 0.717) is 26.0 Å². The number of carbonyl (C=O) groups excluding carboxylic acids is 1. The maximum Gasteiger partial charge on any atom is 0.336 e. The Morgan fingerprint density at radius 3 is 1.93 bits per heavy atom. The summed E-state index contributed by atoms with van der Waals surface area (Å²) >= 11 is 0. The topological polar surface area (TPSA) is 128 Å². The first-order chi connectivity index (χ1) is 13.5. The van der Waals surface area contributed by atoms with E-state index in [1.54, 1.807) is 6.26 Å². The van der Waals surface area contributed by atoms with E-state index in [1.165, 1.54) is 13.1 Å². The lowest BCUT2D eigenvalue weighted by Gasteiger charge is -2.11. The molecule has 0 atom stereocenters. The molecule has 0 aromatic carbocycles. The molecule has 0 saturated carbocycles. The largest absolute Gasteiger partial charge is 0.428 e. The Bertz CT molecular complexity index is 870. The summed E-state index contributed by atoms with van der Waals surface area (Å²) < 4.78 is 7.76. The van der Waals surface area contributed by atoms with Crippen LogP contribution in [0, 0.1) is 11.5 Å². The first-order valence-electron chi connectivity index (χ1n) is 9.49. The smallest absolute Gasteiger partial charge is 0.336 e. The molecular formula is C18H27N5O5. The van der Waals surface area contributed by atoms with Crippen molar-refractivity contribution in [2.75, 3.05) is 13.2 Å². The zero-order chi connectivity index (χ0) is 20.8. The van der Waals surface area contributed by atoms with Crippen LogP contribution >= 0.6 is 0 Å². The minimum Gasteiger partial charge on any atom is -0.428 e. The zero-order valence-electron chi connectivity index (χ0n) is 16.3. The van der Waals surface area contributed by atoms with Crippen LogP contribution in [0.2, 0.25) is 0 Å². The number of rotatable bonds is 14. The molecule has 10 nitrogen and oxygen atoms in total. The van der Waals surface area contributed by atoms with Crippen molar-refractivity contribution < 1.29 is 9.53 Å². The van der Waals surface area contributed by atoms with E-state index in [9.17, 15) is 19.2 Å². The number of unbranched alkanes of at least 4 members (excludes halogenated alkanes) is 6. The van der Waals surface area contributed by atoms with Gasteiger partial charge in [0, 0.05) is 20.1 Å². The summed E-state index contributed by atoms with van der Waals surface area (Å²) in [7, 11) is 1.37. The zero-order valence-corrected chi connectivity index (χ0v) is 16.3. The average Bonchev–Trinajstić information content (AvgIpc) is 2.69. The fraction of sp³-hybridized carbons (Fsp3) is 0.722. The predicted molar refractivity (Wildman–Crippen MR) is 102 cm³/mol. The summed E-state index contributed by atoms with van der Waals surface area (Å²) in [5, 5.41) is 8.29. The van der Waals surface area contributed by atoms with E-state index < -0.39 is 17.1 Å². The Kier molecular flexibility index (Phi) is 11.0. The molecule has 1 heterocycles. The molecule has 0 saturated heterocycles. The molecule has 0 unspecified atom stereocenters. The van der Waals surface area contributed by atoms with Gasteiger partial charge in [-0.1, -0.05) is 19.3 Å². The van der Waals surface area contributed by atoms with Gasteiger partial charge in [-0.05, 0) is 32.1 Å². The molecule has 0 aliphatic heterocycles. The molecule has 0 aliphatic rings. The summed E-state index contributed by atoms with van der Waals surface area (Å²) in [6.07, 6.45) is 9.05. The van der Waals surface area contributed by atoms with Gasteiger partial charge >= 0.3 is 17.1 Å². The van der Waals surface area contributed by atoms with Gasteiger partial charge < -0.3 is 4.74 Å². The average molecular weight is 393 g/mol. The van der Waals surface area contributed by atoms with Gasteiger partial charge in [-0.3, -0.25) is 0 Å². The number of aromatic nitrogens is 3. The molecule has 0 N–H and O–H groups in total. The van der Waals surface area contributed by atoms with Gasteiger partial charge in [0.15, 0.2) is 0 Å². The lowest BCUT2D eigenvalue weighted by atomic mass is 10.2. The number of aliphatic imine (C=N–C) groups is 1. The lowest BCUT2D eigenvalue weighted by Crippen LogP contribution is -2.53. The standard InChI is InChI=1S/C18H27N5O5/c1-21-16(25)22(11-7-3-2-6-10-20-15-24)18(27)23(17(21)26)12-8-4-5-9-13-28-14-19/h2-13H2,1H3.